The van der Waals surface area contributed by atoms with E-state index in [0.29, 0.717) is 0 Å². The van der Waals surface area contributed by atoms with Crippen molar-refractivity contribution in [1.29, 1.82) is 0 Å². The lowest BCUT2D eigenvalue weighted by molar-refractivity contribution is -0.116. The van der Waals surface area contributed by atoms with Gasteiger partial charge in [-0.15, -0.1) is 5.11 Å². The third-order valence-electron chi connectivity index (χ3n) is 0.609. The molecule has 0 N–H and O–H groups in total. The van der Waals surface area contributed by atoms with Crippen molar-refractivity contribution >= 4 is 12.0 Å². The molecular weight excluding hydrogens is 148 g/mol. The number of carbonyl (C=O) groups excluding carboxylic acids is 2. The predicted octanol–water partition coefficient (Wildman–Crippen LogP) is 1.53. The first kappa shape index (κ1) is 9.74. The van der Waals surface area contributed by atoms with Crippen LogP contribution in [-0.4, -0.2) is 18.1 Å². The molecule has 0 aromatic rings. The summed E-state index contributed by atoms with van der Waals surface area (Å²) < 4.78 is 4.55. The van der Waals surface area contributed by atoms with E-state index in [4.69, 9.17) is 0 Å². The molecule has 0 unspecified atom stereocenters. The third-order valence-corrected chi connectivity index (χ3v) is 0.609. The molecular formula is C6H10N2O3. The Morgan fingerprint density at radius 2 is 1.82 bits per heavy atom. The van der Waals surface area contributed by atoms with Crippen LogP contribution in [0.5, 0.6) is 0 Å². The largest absolute Gasteiger partial charge is 0.452 e. The summed E-state index contributed by atoms with van der Waals surface area (Å²) in [5.41, 5.74) is 0. The van der Waals surface area contributed by atoms with E-state index in [2.05, 4.69) is 15.0 Å². The molecule has 0 heterocycles. The molecule has 0 fully saturated rings. The van der Waals surface area contributed by atoms with Gasteiger partial charge in [-0.25, -0.2) is 4.79 Å². The highest BCUT2D eigenvalue weighted by Gasteiger charge is 2.02. The maximum atomic E-state index is 10.5. The third kappa shape index (κ3) is 6.63. The topological polar surface area (TPSA) is 68.1 Å². The van der Waals surface area contributed by atoms with E-state index in [1.807, 2.05) is 0 Å². The van der Waals surface area contributed by atoms with Crippen molar-refractivity contribution in [3.63, 3.8) is 0 Å². The number of ether oxygens (including phenoxy) is 1. The Morgan fingerprint density at radius 1 is 1.27 bits per heavy atom. The van der Waals surface area contributed by atoms with E-state index in [-0.39, 0.29) is 6.10 Å². The second kappa shape index (κ2) is 4.54. The summed E-state index contributed by atoms with van der Waals surface area (Å²) in [6.07, 6.45) is -1.08. The maximum Gasteiger partial charge on any atom is 0.452 e. The van der Waals surface area contributed by atoms with E-state index in [0.717, 1.165) is 0 Å². The average molecular weight is 158 g/mol. The molecule has 0 aromatic heterocycles. The molecule has 0 aromatic carbocycles. The van der Waals surface area contributed by atoms with Gasteiger partial charge in [0.15, 0.2) is 0 Å². The van der Waals surface area contributed by atoms with Crippen LogP contribution in [0.15, 0.2) is 10.2 Å². The standard InChI is InChI=1S/C6H10N2O3/c1-4(2)11-6(10)8-7-5(3)9/h4H,1-3H3. The van der Waals surface area contributed by atoms with Crippen LogP contribution in [0.25, 0.3) is 0 Å². The van der Waals surface area contributed by atoms with Gasteiger partial charge in [-0.2, -0.15) is 0 Å². The molecule has 0 saturated carbocycles. The molecule has 0 aliphatic carbocycles. The first-order chi connectivity index (χ1) is 5.02. The SMILES string of the molecule is CC(=O)N=NC(=O)OC(C)C. The first-order valence-corrected chi connectivity index (χ1v) is 3.15. The highest BCUT2D eigenvalue weighted by molar-refractivity contribution is 5.76. The Labute approximate surface area is 64.4 Å². The van der Waals surface area contributed by atoms with Crippen molar-refractivity contribution in [1.82, 2.24) is 0 Å². The van der Waals surface area contributed by atoms with Gasteiger partial charge in [-0.05, 0) is 13.8 Å². The summed E-state index contributed by atoms with van der Waals surface area (Å²) in [6, 6.07) is 0. The average Bonchev–Trinajstić information content (AvgIpc) is 1.82. The summed E-state index contributed by atoms with van der Waals surface area (Å²) in [7, 11) is 0. The Bertz CT molecular complexity index is 186. The molecule has 0 saturated heterocycles. The lowest BCUT2D eigenvalue weighted by Crippen LogP contribution is -2.06. The minimum Gasteiger partial charge on any atom is -0.444 e. The molecule has 5 heteroatoms. The molecule has 0 aliphatic heterocycles. The van der Waals surface area contributed by atoms with Gasteiger partial charge in [0, 0.05) is 6.92 Å². The van der Waals surface area contributed by atoms with E-state index >= 15 is 0 Å². The van der Waals surface area contributed by atoms with Crippen LogP contribution in [0.1, 0.15) is 20.8 Å². The van der Waals surface area contributed by atoms with Crippen molar-refractivity contribution in [2.45, 2.75) is 26.9 Å². The minimum atomic E-state index is -0.838. The fourth-order valence-corrected chi connectivity index (χ4v) is 0.336. The minimum absolute atomic E-state index is 0.242. The second-order valence-corrected chi connectivity index (χ2v) is 2.15. The second-order valence-electron chi connectivity index (χ2n) is 2.15. The van der Waals surface area contributed by atoms with Crippen LogP contribution in [0.2, 0.25) is 0 Å². The van der Waals surface area contributed by atoms with Gasteiger partial charge in [0.1, 0.15) is 0 Å². The van der Waals surface area contributed by atoms with Crippen molar-refractivity contribution in [3.8, 4) is 0 Å². The lowest BCUT2D eigenvalue weighted by Gasteiger charge is -2.01. The molecule has 0 aliphatic rings. The number of amides is 2. The Balaban J connectivity index is 3.78. The molecule has 62 valence electrons. The molecule has 0 bridgehead atoms. The van der Waals surface area contributed by atoms with Crippen molar-refractivity contribution in [2.24, 2.45) is 10.2 Å². The smallest absolute Gasteiger partial charge is 0.444 e. The number of nitrogens with zero attached hydrogens (tertiary/aromatic N) is 2. The molecule has 0 spiro atoms. The number of azo groups is 1. The lowest BCUT2D eigenvalue weighted by atomic mass is 10.5. The van der Waals surface area contributed by atoms with Crippen LogP contribution in [0, 0.1) is 0 Å². The van der Waals surface area contributed by atoms with Gasteiger partial charge in [-0.1, -0.05) is 5.11 Å². The molecule has 0 rings (SSSR count). The maximum absolute atomic E-state index is 10.5. The van der Waals surface area contributed by atoms with Crippen LogP contribution in [-0.2, 0) is 9.53 Å². The number of hydrogen-bond acceptors (Lipinski definition) is 3. The fraction of sp³-hybridized carbons (Fsp3) is 0.667. The number of rotatable bonds is 1. The predicted molar refractivity (Wildman–Crippen MR) is 37.2 cm³/mol. The van der Waals surface area contributed by atoms with Crippen LogP contribution in [0.3, 0.4) is 0 Å². The highest BCUT2D eigenvalue weighted by atomic mass is 16.6. The van der Waals surface area contributed by atoms with Crippen molar-refractivity contribution in [3.05, 3.63) is 0 Å². The van der Waals surface area contributed by atoms with Crippen LogP contribution < -0.4 is 0 Å². The summed E-state index contributed by atoms with van der Waals surface area (Å²) >= 11 is 0. The van der Waals surface area contributed by atoms with Gasteiger partial charge in [0.25, 0.3) is 5.91 Å². The van der Waals surface area contributed by atoms with Crippen molar-refractivity contribution < 1.29 is 14.3 Å². The first-order valence-electron chi connectivity index (χ1n) is 3.15. The summed E-state index contributed by atoms with van der Waals surface area (Å²) in [5, 5.41) is 5.97. The number of carbonyl (C=O) groups is 2. The zero-order valence-corrected chi connectivity index (χ0v) is 6.70. The molecule has 11 heavy (non-hydrogen) atoms. The highest BCUT2D eigenvalue weighted by Crippen LogP contribution is 1.92. The Hall–Kier alpha value is -1.26. The Kier molecular flexibility index (Phi) is 4.02. The zero-order valence-electron chi connectivity index (χ0n) is 6.70. The van der Waals surface area contributed by atoms with Gasteiger partial charge in [0.05, 0.1) is 6.10 Å². The fourth-order valence-electron chi connectivity index (χ4n) is 0.336. The molecule has 0 atom stereocenters. The molecule has 5 nitrogen and oxygen atoms in total. The summed E-state index contributed by atoms with van der Waals surface area (Å²) in [4.78, 5) is 20.7. The van der Waals surface area contributed by atoms with E-state index in [1.54, 1.807) is 13.8 Å². The van der Waals surface area contributed by atoms with Crippen LogP contribution in [0.4, 0.5) is 4.79 Å². The van der Waals surface area contributed by atoms with Gasteiger partial charge in [0.2, 0.25) is 0 Å². The zero-order chi connectivity index (χ0) is 8.85. The Morgan fingerprint density at radius 3 is 2.18 bits per heavy atom. The van der Waals surface area contributed by atoms with Gasteiger partial charge in [-0.3, -0.25) is 4.79 Å². The van der Waals surface area contributed by atoms with E-state index < -0.39 is 12.0 Å². The van der Waals surface area contributed by atoms with Crippen molar-refractivity contribution in [2.75, 3.05) is 0 Å². The number of hydrogen-bond donors (Lipinski definition) is 0. The monoisotopic (exact) mass is 158 g/mol. The molecule has 0 radical (unpaired) electrons. The van der Waals surface area contributed by atoms with Crippen LogP contribution >= 0.6 is 0 Å². The van der Waals surface area contributed by atoms with Gasteiger partial charge >= 0.3 is 6.09 Å². The normalized spacial score (nSPS) is 10.5. The van der Waals surface area contributed by atoms with E-state index in [1.165, 1.54) is 6.92 Å². The summed E-state index contributed by atoms with van der Waals surface area (Å²) in [6.45, 7) is 4.56. The van der Waals surface area contributed by atoms with Gasteiger partial charge < -0.3 is 4.74 Å². The summed E-state index contributed by atoms with van der Waals surface area (Å²) in [5.74, 6) is -0.522. The quantitative estimate of drug-likeness (QED) is 0.543. The van der Waals surface area contributed by atoms with E-state index in [9.17, 15) is 9.59 Å². The molecule has 2 amide bonds.